The van der Waals surface area contributed by atoms with Gasteiger partial charge in [-0.05, 0) is 43.5 Å². The van der Waals surface area contributed by atoms with Crippen LogP contribution in [0.3, 0.4) is 0 Å². The molecule has 0 bridgehead atoms. The Bertz CT molecular complexity index is 845. The molecular weight excluding hydrogens is 327 g/mol. The lowest BCUT2D eigenvalue weighted by Gasteiger charge is -2.10. The van der Waals surface area contributed by atoms with Crippen molar-refractivity contribution in [1.29, 1.82) is 0 Å². The number of anilines is 2. The first kappa shape index (κ1) is 17.9. The topological polar surface area (TPSA) is 49.8 Å². The second kappa shape index (κ2) is 8.43. The molecular formula is C21H23FN4. The predicted molar refractivity (Wildman–Crippen MR) is 104 cm³/mol. The molecule has 3 rings (SSSR count). The molecule has 0 fully saturated rings. The maximum absolute atomic E-state index is 12.9. The molecule has 0 aliphatic heterocycles. The Hall–Kier alpha value is -2.95. The summed E-state index contributed by atoms with van der Waals surface area (Å²) in [5.41, 5.74) is 4.43. The van der Waals surface area contributed by atoms with Crippen LogP contribution in [0.4, 0.5) is 16.2 Å². The summed E-state index contributed by atoms with van der Waals surface area (Å²) < 4.78 is 12.9. The fraction of sp³-hybridized carbons (Fsp3) is 0.238. The zero-order valence-corrected chi connectivity index (χ0v) is 15.1. The van der Waals surface area contributed by atoms with Crippen LogP contribution in [0.25, 0.3) is 0 Å². The number of nitrogens with one attached hydrogen (secondary N) is 2. The second-order valence-corrected chi connectivity index (χ2v) is 6.36. The quantitative estimate of drug-likeness (QED) is 0.659. The van der Waals surface area contributed by atoms with E-state index in [4.69, 9.17) is 0 Å². The Morgan fingerprint density at radius 1 is 0.846 bits per heavy atom. The first-order valence-electron chi connectivity index (χ1n) is 8.72. The molecule has 0 amide bonds. The third-order valence-electron chi connectivity index (χ3n) is 4.06. The van der Waals surface area contributed by atoms with Crippen molar-refractivity contribution in [3.8, 4) is 0 Å². The van der Waals surface area contributed by atoms with E-state index in [1.807, 2.05) is 13.0 Å². The molecule has 0 aliphatic carbocycles. The lowest BCUT2D eigenvalue weighted by atomic mass is 10.1. The van der Waals surface area contributed by atoms with Crippen molar-refractivity contribution >= 4 is 11.8 Å². The highest BCUT2D eigenvalue weighted by Gasteiger charge is 2.03. The van der Waals surface area contributed by atoms with Gasteiger partial charge in [-0.1, -0.05) is 42.0 Å². The van der Waals surface area contributed by atoms with Crippen LogP contribution in [-0.4, -0.2) is 16.5 Å². The normalized spacial score (nSPS) is 10.6. The van der Waals surface area contributed by atoms with Gasteiger partial charge < -0.3 is 10.6 Å². The molecule has 0 aliphatic rings. The zero-order valence-electron chi connectivity index (χ0n) is 15.1. The predicted octanol–water partition coefficient (Wildman–Crippen LogP) is 4.50. The molecule has 2 N–H and O–H groups in total. The standard InChI is InChI=1S/C21H23FN4/c1-15-3-5-18(6-4-15)14-24-20-13-16(2)25-21(26-20)23-12-11-17-7-9-19(22)10-8-17/h3-10,13H,11-12,14H2,1-2H3,(H2,23,24,25,26). The van der Waals surface area contributed by atoms with E-state index in [-0.39, 0.29) is 5.82 Å². The van der Waals surface area contributed by atoms with Gasteiger partial charge in [-0.3, -0.25) is 0 Å². The van der Waals surface area contributed by atoms with Gasteiger partial charge in [0, 0.05) is 24.8 Å². The summed E-state index contributed by atoms with van der Waals surface area (Å²) in [5, 5.41) is 6.58. The van der Waals surface area contributed by atoms with E-state index in [1.165, 1.54) is 23.3 Å². The van der Waals surface area contributed by atoms with Crippen LogP contribution in [0, 0.1) is 19.7 Å². The molecule has 26 heavy (non-hydrogen) atoms. The van der Waals surface area contributed by atoms with Gasteiger partial charge >= 0.3 is 0 Å². The molecule has 0 radical (unpaired) electrons. The summed E-state index contributed by atoms with van der Waals surface area (Å²) in [6, 6.07) is 16.9. The number of aromatic nitrogens is 2. The van der Waals surface area contributed by atoms with Crippen molar-refractivity contribution in [3.63, 3.8) is 0 Å². The fourth-order valence-corrected chi connectivity index (χ4v) is 2.61. The molecule has 0 saturated heterocycles. The van der Waals surface area contributed by atoms with Crippen LogP contribution in [0.2, 0.25) is 0 Å². The molecule has 2 aromatic carbocycles. The van der Waals surface area contributed by atoms with Gasteiger partial charge in [0.1, 0.15) is 11.6 Å². The summed E-state index contributed by atoms with van der Waals surface area (Å²) in [6.45, 7) is 5.43. The molecule has 0 unspecified atom stereocenters. The molecule has 134 valence electrons. The third-order valence-corrected chi connectivity index (χ3v) is 4.06. The van der Waals surface area contributed by atoms with E-state index in [0.29, 0.717) is 19.0 Å². The van der Waals surface area contributed by atoms with E-state index in [0.717, 1.165) is 23.5 Å². The minimum absolute atomic E-state index is 0.215. The second-order valence-electron chi connectivity index (χ2n) is 6.36. The summed E-state index contributed by atoms with van der Waals surface area (Å²) in [6.07, 6.45) is 0.781. The van der Waals surface area contributed by atoms with Gasteiger partial charge in [0.05, 0.1) is 0 Å². The number of benzene rings is 2. The van der Waals surface area contributed by atoms with Crippen LogP contribution in [0.5, 0.6) is 0 Å². The number of nitrogens with zero attached hydrogens (tertiary/aromatic N) is 2. The van der Waals surface area contributed by atoms with Gasteiger partial charge in [-0.2, -0.15) is 4.98 Å². The van der Waals surface area contributed by atoms with E-state index in [9.17, 15) is 4.39 Å². The van der Waals surface area contributed by atoms with Crippen molar-refractivity contribution in [1.82, 2.24) is 9.97 Å². The smallest absolute Gasteiger partial charge is 0.224 e. The van der Waals surface area contributed by atoms with Gasteiger partial charge in [-0.25, -0.2) is 9.37 Å². The number of hydrogen-bond donors (Lipinski definition) is 2. The minimum atomic E-state index is -0.215. The maximum atomic E-state index is 12.9. The van der Waals surface area contributed by atoms with Crippen LogP contribution in [0.15, 0.2) is 54.6 Å². The molecule has 0 saturated carbocycles. The zero-order chi connectivity index (χ0) is 18.4. The third kappa shape index (κ3) is 5.28. The summed E-state index contributed by atoms with van der Waals surface area (Å²) in [4.78, 5) is 8.94. The molecule has 0 spiro atoms. The molecule has 0 atom stereocenters. The van der Waals surface area contributed by atoms with E-state index < -0.39 is 0 Å². The van der Waals surface area contributed by atoms with Crippen molar-refractivity contribution in [2.24, 2.45) is 0 Å². The summed E-state index contributed by atoms with van der Waals surface area (Å²) in [5.74, 6) is 1.17. The number of aryl methyl sites for hydroxylation is 2. The molecule has 1 heterocycles. The highest BCUT2D eigenvalue weighted by Crippen LogP contribution is 2.12. The summed E-state index contributed by atoms with van der Waals surface area (Å²) >= 11 is 0. The Labute approximate surface area is 153 Å². The Morgan fingerprint density at radius 3 is 2.27 bits per heavy atom. The van der Waals surface area contributed by atoms with E-state index in [2.05, 4.69) is 51.8 Å². The number of rotatable bonds is 7. The van der Waals surface area contributed by atoms with Crippen LogP contribution >= 0.6 is 0 Å². The fourth-order valence-electron chi connectivity index (χ4n) is 2.61. The van der Waals surface area contributed by atoms with Crippen LogP contribution in [-0.2, 0) is 13.0 Å². The Morgan fingerprint density at radius 2 is 1.54 bits per heavy atom. The monoisotopic (exact) mass is 350 g/mol. The van der Waals surface area contributed by atoms with Gasteiger partial charge in [0.2, 0.25) is 5.95 Å². The van der Waals surface area contributed by atoms with Crippen molar-refractivity contribution in [2.45, 2.75) is 26.8 Å². The average molecular weight is 350 g/mol. The first-order chi connectivity index (χ1) is 12.6. The lowest BCUT2D eigenvalue weighted by molar-refractivity contribution is 0.627. The number of halogens is 1. The van der Waals surface area contributed by atoms with Crippen molar-refractivity contribution in [2.75, 3.05) is 17.2 Å². The molecule has 4 nitrogen and oxygen atoms in total. The van der Waals surface area contributed by atoms with Crippen LogP contribution in [0.1, 0.15) is 22.4 Å². The Kier molecular flexibility index (Phi) is 5.79. The average Bonchev–Trinajstić information content (AvgIpc) is 2.63. The highest BCUT2D eigenvalue weighted by molar-refractivity contribution is 5.43. The minimum Gasteiger partial charge on any atom is -0.366 e. The SMILES string of the molecule is Cc1ccc(CNc2cc(C)nc(NCCc3ccc(F)cc3)n2)cc1. The molecule has 3 aromatic rings. The first-order valence-corrected chi connectivity index (χ1v) is 8.72. The van der Waals surface area contributed by atoms with E-state index in [1.54, 1.807) is 12.1 Å². The van der Waals surface area contributed by atoms with E-state index >= 15 is 0 Å². The largest absolute Gasteiger partial charge is 0.366 e. The van der Waals surface area contributed by atoms with Crippen molar-refractivity contribution in [3.05, 3.63) is 82.8 Å². The highest BCUT2D eigenvalue weighted by atomic mass is 19.1. The van der Waals surface area contributed by atoms with Gasteiger partial charge in [0.15, 0.2) is 0 Å². The van der Waals surface area contributed by atoms with Gasteiger partial charge in [-0.15, -0.1) is 0 Å². The van der Waals surface area contributed by atoms with Crippen molar-refractivity contribution < 1.29 is 4.39 Å². The maximum Gasteiger partial charge on any atom is 0.224 e. The molecule has 5 heteroatoms. The van der Waals surface area contributed by atoms with Crippen LogP contribution < -0.4 is 10.6 Å². The number of hydrogen-bond acceptors (Lipinski definition) is 4. The molecule has 1 aromatic heterocycles. The van der Waals surface area contributed by atoms with Gasteiger partial charge in [0.25, 0.3) is 0 Å². The summed E-state index contributed by atoms with van der Waals surface area (Å²) in [7, 11) is 0. The Balaban J connectivity index is 1.56. The lowest BCUT2D eigenvalue weighted by Crippen LogP contribution is -2.10.